The molecule has 1 amide bonds. The maximum atomic E-state index is 12.8. The summed E-state index contributed by atoms with van der Waals surface area (Å²) in [7, 11) is 0. The zero-order valence-electron chi connectivity index (χ0n) is 14.0. The van der Waals surface area contributed by atoms with Gasteiger partial charge < -0.3 is 4.90 Å². The fourth-order valence-electron chi connectivity index (χ4n) is 3.24. The summed E-state index contributed by atoms with van der Waals surface area (Å²) in [4.78, 5) is 14.6. The fraction of sp³-hybridized carbons (Fsp3) is 0.211. The number of carbonyl (C=O) groups excluding carboxylic acids is 1. The van der Waals surface area contributed by atoms with Crippen LogP contribution in [0.5, 0.6) is 0 Å². The minimum atomic E-state index is -0.0538. The van der Waals surface area contributed by atoms with Gasteiger partial charge in [-0.2, -0.15) is 20.6 Å². The standard InChI is InChI=1S/C19H16N6O/c20-10-13-1-3-14(4-2-13)16-6-8-25(12-16)19(26)18-9-17(23-24-18)15-5-7-21-22-11-15/h1-5,7,9,11,16H,6,8,12H2,(H,23,24). The average Bonchev–Trinajstić information content (AvgIpc) is 3.38. The quantitative estimate of drug-likeness (QED) is 0.786. The molecule has 0 aliphatic carbocycles. The highest BCUT2D eigenvalue weighted by Gasteiger charge is 2.29. The Kier molecular flexibility index (Phi) is 4.15. The lowest BCUT2D eigenvalue weighted by molar-refractivity contribution is 0.0785. The second-order valence-electron chi connectivity index (χ2n) is 6.27. The van der Waals surface area contributed by atoms with Crippen LogP contribution in [-0.2, 0) is 0 Å². The van der Waals surface area contributed by atoms with Crippen LogP contribution in [0.1, 0.15) is 34.0 Å². The number of benzene rings is 1. The first-order valence-electron chi connectivity index (χ1n) is 8.36. The Labute approximate surface area is 150 Å². The maximum absolute atomic E-state index is 12.8. The number of amides is 1. The molecule has 128 valence electrons. The molecule has 1 atom stereocenters. The molecule has 2 aromatic heterocycles. The topological polar surface area (TPSA) is 98.6 Å². The highest BCUT2D eigenvalue weighted by atomic mass is 16.2. The number of likely N-dealkylation sites (tertiary alicyclic amines) is 1. The fourth-order valence-corrected chi connectivity index (χ4v) is 3.24. The Morgan fingerprint density at radius 1 is 1.23 bits per heavy atom. The van der Waals surface area contributed by atoms with Gasteiger partial charge in [-0.15, -0.1) is 0 Å². The maximum Gasteiger partial charge on any atom is 0.271 e. The largest absolute Gasteiger partial charge is 0.337 e. The minimum absolute atomic E-state index is 0.0538. The predicted molar refractivity (Wildman–Crippen MR) is 94.0 cm³/mol. The summed E-state index contributed by atoms with van der Waals surface area (Å²) in [5.41, 5.74) is 3.76. The van der Waals surface area contributed by atoms with E-state index in [1.807, 2.05) is 29.2 Å². The highest BCUT2D eigenvalue weighted by Crippen LogP contribution is 2.28. The average molecular weight is 344 g/mol. The van der Waals surface area contributed by atoms with Gasteiger partial charge in [-0.25, -0.2) is 0 Å². The van der Waals surface area contributed by atoms with Gasteiger partial charge in [-0.3, -0.25) is 9.89 Å². The molecule has 3 aromatic rings. The van der Waals surface area contributed by atoms with E-state index < -0.39 is 0 Å². The first kappa shape index (κ1) is 16.0. The van der Waals surface area contributed by atoms with E-state index >= 15 is 0 Å². The molecule has 1 saturated heterocycles. The molecule has 0 saturated carbocycles. The van der Waals surface area contributed by atoms with Crippen molar-refractivity contribution in [1.29, 1.82) is 5.26 Å². The second-order valence-corrected chi connectivity index (χ2v) is 6.27. The van der Waals surface area contributed by atoms with E-state index in [0.29, 0.717) is 36.0 Å². The summed E-state index contributed by atoms with van der Waals surface area (Å²) < 4.78 is 0. The Balaban J connectivity index is 1.46. The lowest BCUT2D eigenvalue weighted by atomic mass is 9.97. The highest BCUT2D eigenvalue weighted by molar-refractivity contribution is 5.93. The monoisotopic (exact) mass is 344 g/mol. The molecule has 1 aliphatic rings. The van der Waals surface area contributed by atoms with Crippen molar-refractivity contribution in [1.82, 2.24) is 25.3 Å². The molecular formula is C19H16N6O. The first-order chi connectivity index (χ1) is 12.7. The summed E-state index contributed by atoms with van der Waals surface area (Å²) in [5.74, 6) is 0.236. The molecule has 0 bridgehead atoms. The lowest BCUT2D eigenvalue weighted by Crippen LogP contribution is -2.28. The first-order valence-corrected chi connectivity index (χ1v) is 8.36. The van der Waals surface area contributed by atoms with Gasteiger partial charge in [0.1, 0.15) is 5.69 Å². The second kappa shape index (κ2) is 6.76. The molecule has 4 rings (SSSR count). The third-order valence-electron chi connectivity index (χ3n) is 4.67. The van der Waals surface area contributed by atoms with Gasteiger partial charge in [-0.05, 0) is 36.2 Å². The zero-order valence-corrected chi connectivity index (χ0v) is 14.0. The smallest absolute Gasteiger partial charge is 0.271 e. The number of aromatic amines is 1. The van der Waals surface area contributed by atoms with Crippen molar-refractivity contribution in [2.75, 3.05) is 13.1 Å². The van der Waals surface area contributed by atoms with Crippen molar-refractivity contribution < 1.29 is 4.79 Å². The van der Waals surface area contributed by atoms with E-state index in [9.17, 15) is 4.79 Å². The SMILES string of the molecule is N#Cc1ccc(C2CCN(C(=O)c3cc(-c4ccnnc4)n[nH]3)C2)cc1. The van der Waals surface area contributed by atoms with Crippen LogP contribution in [-0.4, -0.2) is 44.3 Å². The van der Waals surface area contributed by atoms with Gasteiger partial charge in [0.05, 0.1) is 29.7 Å². The van der Waals surface area contributed by atoms with Crippen LogP contribution >= 0.6 is 0 Å². The zero-order chi connectivity index (χ0) is 17.9. The van der Waals surface area contributed by atoms with Crippen molar-refractivity contribution in [3.05, 3.63) is 65.6 Å². The number of H-pyrrole nitrogens is 1. The molecular weight excluding hydrogens is 328 g/mol. The Bertz CT molecular complexity index is 958. The molecule has 0 radical (unpaired) electrons. The van der Waals surface area contributed by atoms with E-state index in [1.165, 1.54) is 0 Å². The number of rotatable bonds is 3. The Morgan fingerprint density at radius 3 is 2.81 bits per heavy atom. The molecule has 7 heteroatoms. The van der Waals surface area contributed by atoms with E-state index in [4.69, 9.17) is 5.26 Å². The van der Waals surface area contributed by atoms with Gasteiger partial charge in [0.25, 0.3) is 5.91 Å². The minimum Gasteiger partial charge on any atom is -0.337 e. The summed E-state index contributed by atoms with van der Waals surface area (Å²) in [6.07, 6.45) is 4.11. The van der Waals surface area contributed by atoms with Gasteiger partial charge in [0.15, 0.2) is 0 Å². The van der Waals surface area contributed by atoms with Crippen LogP contribution in [0.2, 0.25) is 0 Å². The Morgan fingerprint density at radius 2 is 2.08 bits per heavy atom. The van der Waals surface area contributed by atoms with Crippen LogP contribution in [0.3, 0.4) is 0 Å². The van der Waals surface area contributed by atoms with E-state index in [2.05, 4.69) is 26.5 Å². The van der Waals surface area contributed by atoms with Gasteiger partial charge in [-0.1, -0.05) is 12.1 Å². The van der Waals surface area contributed by atoms with Crippen LogP contribution in [0.15, 0.2) is 48.8 Å². The molecule has 1 aromatic carbocycles. The van der Waals surface area contributed by atoms with Crippen molar-refractivity contribution in [3.8, 4) is 17.3 Å². The number of nitrogens with one attached hydrogen (secondary N) is 1. The summed E-state index contributed by atoms with van der Waals surface area (Å²) in [5, 5.41) is 23.5. The van der Waals surface area contributed by atoms with Crippen molar-refractivity contribution >= 4 is 5.91 Å². The normalized spacial score (nSPS) is 16.4. The molecule has 1 unspecified atom stereocenters. The third-order valence-corrected chi connectivity index (χ3v) is 4.67. The third kappa shape index (κ3) is 3.05. The van der Waals surface area contributed by atoms with E-state index in [0.717, 1.165) is 17.5 Å². The van der Waals surface area contributed by atoms with Crippen molar-refractivity contribution in [2.24, 2.45) is 0 Å². The van der Waals surface area contributed by atoms with Gasteiger partial charge in [0, 0.05) is 24.6 Å². The van der Waals surface area contributed by atoms with Crippen LogP contribution in [0, 0.1) is 11.3 Å². The number of hydrogen-bond donors (Lipinski definition) is 1. The van der Waals surface area contributed by atoms with E-state index in [-0.39, 0.29) is 5.91 Å². The molecule has 0 spiro atoms. The molecule has 3 heterocycles. The summed E-state index contributed by atoms with van der Waals surface area (Å²) >= 11 is 0. The summed E-state index contributed by atoms with van der Waals surface area (Å²) in [6.45, 7) is 1.37. The van der Waals surface area contributed by atoms with Gasteiger partial charge in [0.2, 0.25) is 0 Å². The van der Waals surface area contributed by atoms with E-state index in [1.54, 1.807) is 24.5 Å². The number of hydrogen-bond acceptors (Lipinski definition) is 5. The molecule has 26 heavy (non-hydrogen) atoms. The lowest BCUT2D eigenvalue weighted by Gasteiger charge is -2.15. The molecule has 7 nitrogen and oxygen atoms in total. The molecule has 1 aliphatic heterocycles. The van der Waals surface area contributed by atoms with Crippen molar-refractivity contribution in [3.63, 3.8) is 0 Å². The Hall–Kier alpha value is -3.53. The number of carbonyl (C=O) groups is 1. The predicted octanol–water partition coefficient (Wildman–Crippen LogP) is 2.37. The van der Waals surface area contributed by atoms with Crippen LogP contribution in [0.4, 0.5) is 0 Å². The van der Waals surface area contributed by atoms with Crippen LogP contribution < -0.4 is 0 Å². The number of nitrogens with zero attached hydrogens (tertiary/aromatic N) is 5. The summed E-state index contributed by atoms with van der Waals surface area (Å²) in [6, 6.07) is 13.3. The number of nitriles is 1. The van der Waals surface area contributed by atoms with Crippen molar-refractivity contribution in [2.45, 2.75) is 12.3 Å². The molecule has 1 fully saturated rings. The van der Waals surface area contributed by atoms with Crippen LogP contribution in [0.25, 0.3) is 11.3 Å². The number of aromatic nitrogens is 4. The molecule has 1 N–H and O–H groups in total. The van der Waals surface area contributed by atoms with Gasteiger partial charge >= 0.3 is 0 Å².